The first kappa shape index (κ1) is 12.6. The Morgan fingerprint density at radius 1 is 1.17 bits per heavy atom. The van der Waals surface area contributed by atoms with Crippen molar-refractivity contribution in [2.75, 3.05) is 5.32 Å². The van der Waals surface area contributed by atoms with Gasteiger partial charge in [-0.2, -0.15) is 0 Å². The first-order valence-corrected chi connectivity index (χ1v) is 6.22. The number of aromatic carboxylic acids is 1. The molecule has 2 rings (SSSR count). The molecule has 0 radical (unpaired) electrons. The highest BCUT2D eigenvalue weighted by molar-refractivity contribution is 9.10. The van der Waals surface area contributed by atoms with Gasteiger partial charge in [-0.05, 0) is 64.8 Å². The fraction of sp³-hybridized carbons (Fsp3) is 0.0714. The molecule has 92 valence electrons. The molecule has 4 heteroatoms. The van der Waals surface area contributed by atoms with Gasteiger partial charge in [-0.1, -0.05) is 6.07 Å². The maximum Gasteiger partial charge on any atom is 0.335 e. The van der Waals surface area contributed by atoms with Crippen LogP contribution < -0.4 is 5.32 Å². The number of carbonyl (C=O) groups is 1. The Labute approximate surface area is 114 Å². The maximum absolute atomic E-state index is 10.7. The average molecular weight is 306 g/mol. The molecule has 2 N–H and O–H groups in total. The number of halogens is 1. The Morgan fingerprint density at radius 2 is 1.83 bits per heavy atom. The number of hydrogen-bond acceptors (Lipinski definition) is 2. The number of carboxylic acid groups (broad SMARTS) is 1. The third kappa shape index (κ3) is 2.90. The summed E-state index contributed by atoms with van der Waals surface area (Å²) in [4.78, 5) is 10.7. The van der Waals surface area contributed by atoms with Gasteiger partial charge in [0.25, 0.3) is 0 Å². The van der Waals surface area contributed by atoms with E-state index in [2.05, 4.69) is 21.2 Å². The van der Waals surface area contributed by atoms with E-state index in [0.717, 1.165) is 15.8 Å². The summed E-state index contributed by atoms with van der Waals surface area (Å²) in [5.41, 5.74) is 3.26. The third-order valence-electron chi connectivity index (χ3n) is 2.54. The quantitative estimate of drug-likeness (QED) is 0.893. The highest BCUT2D eigenvalue weighted by Gasteiger charge is 2.03. The van der Waals surface area contributed by atoms with Crippen LogP contribution in [0.25, 0.3) is 0 Å². The Balaban J connectivity index is 2.21. The fourth-order valence-electron chi connectivity index (χ4n) is 1.57. The lowest BCUT2D eigenvalue weighted by Gasteiger charge is -2.09. The molecule has 0 amide bonds. The van der Waals surface area contributed by atoms with E-state index < -0.39 is 5.97 Å². The van der Waals surface area contributed by atoms with Crippen molar-refractivity contribution in [3.05, 3.63) is 58.1 Å². The lowest BCUT2D eigenvalue weighted by atomic mass is 10.2. The first-order valence-electron chi connectivity index (χ1n) is 5.43. The van der Waals surface area contributed by atoms with Gasteiger partial charge in [0, 0.05) is 10.2 Å². The molecule has 0 heterocycles. The van der Waals surface area contributed by atoms with E-state index in [0.29, 0.717) is 0 Å². The number of anilines is 2. The van der Waals surface area contributed by atoms with Crippen molar-refractivity contribution in [2.45, 2.75) is 6.92 Å². The number of aryl methyl sites for hydroxylation is 1. The SMILES string of the molecule is Cc1ccc(Nc2ccc(C(=O)O)cc2)c(Br)c1. The van der Waals surface area contributed by atoms with Crippen LogP contribution in [-0.2, 0) is 0 Å². The standard InChI is InChI=1S/C14H12BrNO2/c1-9-2-7-13(12(15)8-9)16-11-5-3-10(4-6-11)14(17)18/h2-8,16H,1H3,(H,17,18). The smallest absolute Gasteiger partial charge is 0.335 e. The Morgan fingerprint density at radius 3 is 2.39 bits per heavy atom. The molecule has 0 spiro atoms. The van der Waals surface area contributed by atoms with E-state index in [1.807, 2.05) is 25.1 Å². The van der Waals surface area contributed by atoms with Gasteiger partial charge in [-0.25, -0.2) is 4.79 Å². The van der Waals surface area contributed by atoms with Crippen molar-refractivity contribution < 1.29 is 9.90 Å². The predicted octanol–water partition coefficient (Wildman–Crippen LogP) is 4.20. The van der Waals surface area contributed by atoms with Gasteiger partial charge in [0.2, 0.25) is 0 Å². The predicted molar refractivity (Wildman–Crippen MR) is 75.6 cm³/mol. The van der Waals surface area contributed by atoms with Gasteiger partial charge in [0.15, 0.2) is 0 Å². The molecule has 0 aromatic heterocycles. The zero-order chi connectivity index (χ0) is 13.1. The number of carboxylic acids is 1. The molecule has 0 fully saturated rings. The van der Waals surface area contributed by atoms with Crippen molar-refractivity contribution in [1.29, 1.82) is 0 Å². The highest BCUT2D eigenvalue weighted by atomic mass is 79.9. The van der Waals surface area contributed by atoms with Crippen molar-refractivity contribution in [1.82, 2.24) is 0 Å². The Bertz CT molecular complexity index is 579. The summed E-state index contributed by atoms with van der Waals surface area (Å²) in [5, 5.41) is 12.0. The van der Waals surface area contributed by atoms with E-state index in [1.54, 1.807) is 24.3 Å². The monoisotopic (exact) mass is 305 g/mol. The molecule has 0 aliphatic carbocycles. The second kappa shape index (κ2) is 5.23. The van der Waals surface area contributed by atoms with Crippen LogP contribution in [0.15, 0.2) is 46.9 Å². The summed E-state index contributed by atoms with van der Waals surface area (Å²) in [6.07, 6.45) is 0. The molecular weight excluding hydrogens is 294 g/mol. The van der Waals surface area contributed by atoms with Crippen molar-refractivity contribution >= 4 is 33.3 Å². The topological polar surface area (TPSA) is 49.3 Å². The molecule has 0 aliphatic rings. The summed E-state index contributed by atoms with van der Waals surface area (Å²) in [5.74, 6) is -0.918. The summed E-state index contributed by atoms with van der Waals surface area (Å²) in [7, 11) is 0. The number of nitrogens with one attached hydrogen (secondary N) is 1. The minimum absolute atomic E-state index is 0.281. The van der Waals surface area contributed by atoms with Crippen LogP contribution in [0.2, 0.25) is 0 Å². The van der Waals surface area contributed by atoms with Crippen LogP contribution in [0.4, 0.5) is 11.4 Å². The van der Waals surface area contributed by atoms with Gasteiger partial charge in [0.05, 0.1) is 11.3 Å². The van der Waals surface area contributed by atoms with Crippen molar-refractivity contribution in [2.24, 2.45) is 0 Å². The van der Waals surface area contributed by atoms with E-state index in [4.69, 9.17) is 5.11 Å². The Hall–Kier alpha value is -1.81. The molecule has 18 heavy (non-hydrogen) atoms. The zero-order valence-corrected chi connectivity index (χ0v) is 11.4. The van der Waals surface area contributed by atoms with Crippen LogP contribution >= 0.6 is 15.9 Å². The lowest BCUT2D eigenvalue weighted by molar-refractivity contribution is 0.0697. The Kier molecular flexibility index (Phi) is 3.67. The molecule has 2 aromatic rings. The zero-order valence-electron chi connectivity index (χ0n) is 9.77. The second-order valence-electron chi connectivity index (χ2n) is 3.99. The van der Waals surface area contributed by atoms with Crippen LogP contribution in [0, 0.1) is 6.92 Å². The van der Waals surface area contributed by atoms with Crippen molar-refractivity contribution in [3.8, 4) is 0 Å². The van der Waals surface area contributed by atoms with E-state index in [1.165, 1.54) is 5.56 Å². The molecule has 0 atom stereocenters. The van der Waals surface area contributed by atoms with Gasteiger partial charge < -0.3 is 10.4 Å². The van der Waals surface area contributed by atoms with Crippen LogP contribution in [-0.4, -0.2) is 11.1 Å². The third-order valence-corrected chi connectivity index (χ3v) is 3.19. The van der Waals surface area contributed by atoms with Crippen molar-refractivity contribution in [3.63, 3.8) is 0 Å². The van der Waals surface area contributed by atoms with Gasteiger partial charge >= 0.3 is 5.97 Å². The van der Waals surface area contributed by atoms with Gasteiger partial charge in [-0.3, -0.25) is 0 Å². The molecule has 0 unspecified atom stereocenters. The lowest BCUT2D eigenvalue weighted by Crippen LogP contribution is -1.97. The van der Waals surface area contributed by atoms with E-state index in [9.17, 15) is 4.79 Å². The normalized spacial score (nSPS) is 10.1. The summed E-state index contributed by atoms with van der Waals surface area (Å²) in [6, 6.07) is 12.7. The molecule has 0 saturated heterocycles. The largest absolute Gasteiger partial charge is 0.478 e. The molecule has 3 nitrogen and oxygen atoms in total. The summed E-state index contributed by atoms with van der Waals surface area (Å²) >= 11 is 3.49. The van der Waals surface area contributed by atoms with Crippen LogP contribution in [0.1, 0.15) is 15.9 Å². The molecular formula is C14H12BrNO2. The first-order chi connectivity index (χ1) is 8.56. The molecule has 0 saturated carbocycles. The van der Waals surface area contributed by atoms with E-state index in [-0.39, 0.29) is 5.56 Å². The maximum atomic E-state index is 10.7. The van der Waals surface area contributed by atoms with Crippen LogP contribution in [0.3, 0.4) is 0 Å². The van der Waals surface area contributed by atoms with Crippen LogP contribution in [0.5, 0.6) is 0 Å². The molecule has 0 bridgehead atoms. The molecule has 0 aliphatic heterocycles. The fourth-order valence-corrected chi connectivity index (χ4v) is 2.17. The minimum atomic E-state index is -0.918. The number of rotatable bonds is 3. The van der Waals surface area contributed by atoms with Gasteiger partial charge in [-0.15, -0.1) is 0 Å². The number of hydrogen-bond donors (Lipinski definition) is 2. The van der Waals surface area contributed by atoms with Gasteiger partial charge in [0.1, 0.15) is 0 Å². The summed E-state index contributed by atoms with van der Waals surface area (Å²) in [6.45, 7) is 2.02. The minimum Gasteiger partial charge on any atom is -0.478 e. The molecule has 2 aromatic carbocycles. The summed E-state index contributed by atoms with van der Waals surface area (Å²) < 4.78 is 0.977. The van der Waals surface area contributed by atoms with E-state index >= 15 is 0 Å². The second-order valence-corrected chi connectivity index (χ2v) is 4.85. The average Bonchev–Trinajstić information content (AvgIpc) is 2.33. The number of benzene rings is 2. The highest BCUT2D eigenvalue weighted by Crippen LogP contribution is 2.26.